The molecule has 1 aromatic carbocycles. The van der Waals surface area contributed by atoms with Crippen molar-refractivity contribution in [1.82, 2.24) is 4.90 Å². The molecule has 2 fully saturated rings. The van der Waals surface area contributed by atoms with E-state index in [2.05, 4.69) is 12.1 Å². The maximum atomic E-state index is 13.0. The number of rotatable bonds is 2. The summed E-state index contributed by atoms with van der Waals surface area (Å²) in [4.78, 5) is 14.8. The summed E-state index contributed by atoms with van der Waals surface area (Å²) < 4.78 is 5.37. The number of nitrogens with zero attached hydrogens (tertiary/aromatic N) is 1. The topological polar surface area (TPSA) is 33.5 Å². The summed E-state index contributed by atoms with van der Waals surface area (Å²) >= 11 is 7.06. The van der Waals surface area contributed by atoms with Crippen LogP contribution < -0.4 is 0 Å². The molecule has 0 radical (unpaired) electrons. The van der Waals surface area contributed by atoms with Gasteiger partial charge in [0.2, 0.25) is 0 Å². The van der Waals surface area contributed by atoms with Gasteiger partial charge in [-0.05, 0) is 37.0 Å². The van der Waals surface area contributed by atoms with Crippen molar-refractivity contribution in [3.05, 3.63) is 60.1 Å². The Hall–Kier alpha value is -1.74. The Bertz CT molecular complexity index is 700. The average molecular weight is 344 g/mol. The van der Waals surface area contributed by atoms with Crippen molar-refractivity contribution in [3.63, 3.8) is 0 Å². The van der Waals surface area contributed by atoms with Gasteiger partial charge in [-0.2, -0.15) is 0 Å². The Morgan fingerprint density at radius 3 is 2.71 bits per heavy atom. The molecule has 2 aliphatic rings. The molecule has 2 aromatic rings. The number of fused-ring (bicyclic) bond motifs is 1. The van der Waals surface area contributed by atoms with Crippen LogP contribution in [0.3, 0.4) is 0 Å². The first-order chi connectivity index (χ1) is 11.7. The molecule has 0 unspecified atom stereocenters. The zero-order valence-corrected chi connectivity index (χ0v) is 14.4. The molecule has 1 amide bonds. The number of carbonyl (C=O) groups excluding carboxylic acids is 1. The van der Waals surface area contributed by atoms with E-state index >= 15 is 0 Å². The van der Waals surface area contributed by atoms with Gasteiger partial charge in [0, 0.05) is 12.5 Å². The zero-order chi connectivity index (χ0) is 16.6. The summed E-state index contributed by atoms with van der Waals surface area (Å²) in [5, 5.41) is 0. The van der Waals surface area contributed by atoms with Crippen LogP contribution in [0.1, 0.15) is 54.3 Å². The predicted octanol–water partition coefficient (Wildman–Crippen LogP) is 5.03. The summed E-state index contributed by atoms with van der Waals surface area (Å²) in [5.41, 5.74) is 1.18. The summed E-state index contributed by atoms with van der Waals surface area (Å²) in [5.74, 6) is 0.676. The number of piperidine rings is 1. The Balaban J connectivity index is 1.74. The fraction of sp³-hybridized carbons (Fsp3) is 0.450. The molecular weight excluding hydrogens is 322 g/mol. The van der Waals surface area contributed by atoms with Crippen LogP contribution in [0.25, 0.3) is 0 Å². The number of hydrogen-bond donors (Lipinski definition) is 0. The van der Waals surface area contributed by atoms with E-state index in [0.717, 1.165) is 19.3 Å². The minimum absolute atomic E-state index is 0.0235. The van der Waals surface area contributed by atoms with Crippen LogP contribution in [0.15, 0.2) is 53.1 Å². The standard InChI is InChI=1S/C20H22ClNO2/c21-20-11-5-4-9-16(20)18(15-7-2-1-3-8-15)22(13-12-20)19(23)17-10-6-14-24-17/h1-3,6-8,10,14,16,18H,4-5,9,11-13H2/t16-,18+,20-/m0/s1. The van der Waals surface area contributed by atoms with Crippen molar-refractivity contribution < 1.29 is 9.21 Å². The van der Waals surface area contributed by atoms with Gasteiger partial charge >= 0.3 is 0 Å². The minimum Gasteiger partial charge on any atom is -0.459 e. The highest BCUT2D eigenvalue weighted by Gasteiger charge is 2.50. The van der Waals surface area contributed by atoms with E-state index in [1.165, 1.54) is 18.4 Å². The van der Waals surface area contributed by atoms with Gasteiger partial charge in [-0.1, -0.05) is 43.2 Å². The predicted molar refractivity (Wildman–Crippen MR) is 94.1 cm³/mol. The van der Waals surface area contributed by atoms with Gasteiger partial charge in [0.15, 0.2) is 5.76 Å². The van der Waals surface area contributed by atoms with Crippen molar-refractivity contribution in [1.29, 1.82) is 0 Å². The lowest BCUT2D eigenvalue weighted by Crippen LogP contribution is -2.53. The van der Waals surface area contributed by atoms with Gasteiger partial charge in [-0.15, -0.1) is 11.6 Å². The molecule has 2 heterocycles. The van der Waals surface area contributed by atoms with Gasteiger partial charge in [-0.3, -0.25) is 4.79 Å². The van der Waals surface area contributed by atoms with E-state index in [1.807, 2.05) is 23.1 Å². The van der Waals surface area contributed by atoms with E-state index in [4.69, 9.17) is 16.0 Å². The van der Waals surface area contributed by atoms with E-state index in [1.54, 1.807) is 18.4 Å². The Kier molecular flexibility index (Phi) is 4.13. The summed E-state index contributed by atoms with van der Waals surface area (Å²) in [6.07, 6.45) is 6.91. The van der Waals surface area contributed by atoms with Gasteiger partial charge in [0.1, 0.15) is 0 Å². The van der Waals surface area contributed by atoms with Crippen molar-refractivity contribution in [2.24, 2.45) is 5.92 Å². The fourth-order valence-corrected chi connectivity index (χ4v) is 4.92. The molecule has 0 bridgehead atoms. The maximum Gasteiger partial charge on any atom is 0.290 e. The van der Waals surface area contributed by atoms with Crippen molar-refractivity contribution in [3.8, 4) is 0 Å². The molecule has 126 valence electrons. The quantitative estimate of drug-likeness (QED) is 0.716. The van der Waals surface area contributed by atoms with Gasteiger partial charge < -0.3 is 9.32 Å². The smallest absolute Gasteiger partial charge is 0.290 e. The lowest BCUT2D eigenvalue weighted by atomic mass is 9.68. The molecule has 3 nitrogen and oxygen atoms in total. The normalized spacial score (nSPS) is 30.0. The second kappa shape index (κ2) is 6.29. The summed E-state index contributed by atoms with van der Waals surface area (Å²) in [7, 11) is 0. The van der Waals surface area contributed by atoms with Crippen LogP contribution in [0.4, 0.5) is 0 Å². The van der Waals surface area contributed by atoms with Crippen LogP contribution in [0.2, 0.25) is 0 Å². The summed E-state index contributed by atoms with van der Waals surface area (Å²) in [6.45, 7) is 0.680. The van der Waals surface area contributed by atoms with Crippen LogP contribution in [-0.4, -0.2) is 22.2 Å². The Morgan fingerprint density at radius 1 is 1.12 bits per heavy atom. The zero-order valence-electron chi connectivity index (χ0n) is 13.7. The molecule has 4 rings (SSSR count). The Morgan fingerprint density at radius 2 is 1.96 bits per heavy atom. The first-order valence-electron chi connectivity index (χ1n) is 8.77. The van der Waals surface area contributed by atoms with Crippen LogP contribution >= 0.6 is 11.6 Å². The monoisotopic (exact) mass is 343 g/mol. The van der Waals surface area contributed by atoms with E-state index < -0.39 is 0 Å². The molecule has 0 N–H and O–H groups in total. The largest absolute Gasteiger partial charge is 0.459 e. The summed E-state index contributed by atoms with van der Waals surface area (Å²) in [6, 6.07) is 13.9. The highest BCUT2D eigenvalue weighted by atomic mass is 35.5. The minimum atomic E-state index is -0.182. The highest BCUT2D eigenvalue weighted by molar-refractivity contribution is 6.24. The van der Waals surface area contributed by atoms with Crippen molar-refractivity contribution >= 4 is 17.5 Å². The third kappa shape index (κ3) is 2.65. The van der Waals surface area contributed by atoms with E-state index in [-0.39, 0.29) is 16.8 Å². The first kappa shape index (κ1) is 15.8. The number of likely N-dealkylation sites (tertiary alicyclic amines) is 1. The van der Waals surface area contributed by atoms with E-state index in [9.17, 15) is 4.79 Å². The molecule has 1 aliphatic heterocycles. The maximum absolute atomic E-state index is 13.0. The Labute approximate surface area is 147 Å². The van der Waals surface area contributed by atoms with Crippen LogP contribution in [0.5, 0.6) is 0 Å². The third-order valence-corrected chi connectivity index (χ3v) is 6.30. The molecule has 1 aliphatic carbocycles. The van der Waals surface area contributed by atoms with Crippen molar-refractivity contribution in [2.45, 2.75) is 43.0 Å². The second-order valence-corrected chi connectivity index (χ2v) is 7.72. The third-order valence-electron chi connectivity index (χ3n) is 5.64. The van der Waals surface area contributed by atoms with E-state index in [0.29, 0.717) is 18.2 Å². The number of carbonyl (C=O) groups is 1. The van der Waals surface area contributed by atoms with Crippen LogP contribution in [0, 0.1) is 5.92 Å². The van der Waals surface area contributed by atoms with Crippen LogP contribution in [-0.2, 0) is 0 Å². The molecule has 4 heteroatoms. The molecule has 1 saturated carbocycles. The first-order valence-corrected chi connectivity index (χ1v) is 9.15. The molecule has 3 atom stereocenters. The number of furan rings is 1. The van der Waals surface area contributed by atoms with Gasteiger partial charge in [0.25, 0.3) is 5.91 Å². The average Bonchev–Trinajstić information content (AvgIpc) is 3.15. The molecule has 1 saturated heterocycles. The second-order valence-electron chi connectivity index (χ2n) is 6.97. The molecule has 1 aromatic heterocycles. The molecule has 24 heavy (non-hydrogen) atoms. The lowest BCUT2D eigenvalue weighted by molar-refractivity contribution is 0.0255. The van der Waals surface area contributed by atoms with Gasteiger partial charge in [-0.25, -0.2) is 0 Å². The number of halogens is 1. The van der Waals surface area contributed by atoms with Crippen molar-refractivity contribution in [2.75, 3.05) is 6.54 Å². The molecule has 0 spiro atoms. The highest BCUT2D eigenvalue weighted by Crippen LogP contribution is 2.52. The SMILES string of the molecule is O=C(c1ccco1)N1CC[C@@]2(Cl)CCCC[C@H]2[C@H]1c1ccccc1. The fourth-order valence-electron chi connectivity index (χ4n) is 4.47. The van der Waals surface area contributed by atoms with Gasteiger partial charge in [0.05, 0.1) is 17.2 Å². The number of alkyl halides is 1. The molecular formula is C20H22ClNO2. The number of hydrogen-bond acceptors (Lipinski definition) is 2. The number of benzene rings is 1. The lowest BCUT2D eigenvalue weighted by Gasteiger charge is -2.52. The number of amides is 1.